The van der Waals surface area contributed by atoms with Crippen molar-refractivity contribution < 1.29 is 9.26 Å². The van der Waals surface area contributed by atoms with Crippen molar-refractivity contribution in [1.29, 1.82) is 0 Å². The van der Waals surface area contributed by atoms with Crippen LogP contribution < -0.4 is 15.9 Å². The number of hydrogen-bond donors (Lipinski definition) is 0. The third-order valence-electron chi connectivity index (χ3n) is 5.27. The van der Waals surface area contributed by atoms with E-state index in [4.69, 9.17) is 9.26 Å². The maximum absolute atomic E-state index is 12.7. The van der Waals surface area contributed by atoms with Crippen molar-refractivity contribution in [3.05, 3.63) is 93.1 Å². The molecule has 0 atom stereocenters. The highest BCUT2D eigenvalue weighted by atomic mass is 16.5. The van der Waals surface area contributed by atoms with Gasteiger partial charge < -0.3 is 9.26 Å². The fourth-order valence-electron chi connectivity index (χ4n) is 3.41. The summed E-state index contributed by atoms with van der Waals surface area (Å²) in [6, 6.07) is 14.9. The third kappa shape index (κ3) is 4.79. The van der Waals surface area contributed by atoms with Crippen molar-refractivity contribution in [2.24, 2.45) is 0 Å². The molecular formula is C25H26N4O4. The quantitative estimate of drug-likeness (QED) is 0.419. The minimum atomic E-state index is -0.680. The van der Waals surface area contributed by atoms with E-state index < -0.39 is 11.1 Å². The summed E-state index contributed by atoms with van der Waals surface area (Å²) >= 11 is 0. The van der Waals surface area contributed by atoms with Crippen LogP contribution >= 0.6 is 0 Å². The lowest BCUT2D eigenvalue weighted by Crippen LogP contribution is -2.40. The molecule has 0 saturated heterocycles. The predicted molar refractivity (Wildman–Crippen MR) is 125 cm³/mol. The van der Waals surface area contributed by atoms with Gasteiger partial charge in [-0.15, -0.1) is 0 Å². The normalized spacial score (nSPS) is 11.5. The molecule has 2 heterocycles. The highest BCUT2D eigenvalue weighted by molar-refractivity contribution is 5.55. The minimum absolute atomic E-state index is 0.00522. The first-order valence-electron chi connectivity index (χ1n) is 10.7. The molecule has 0 fully saturated rings. The standard InChI is InChI=1S/C25H26N4O4/c1-5-32-20-12-10-19(11-13-20)29-15-14-28(23(30)24(29)31)16-21-26-22(27-33-21)17-6-8-18(9-7-17)25(2,3)4/h6-15H,5,16H2,1-4H3. The van der Waals surface area contributed by atoms with E-state index in [1.54, 1.807) is 30.5 Å². The fourth-order valence-corrected chi connectivity index (χ4v) is 3.41. The molecule has 0 aliphatic carbocycles. The summed E-state index contributed by atoms with van der Waals surface area (Å²) < 4.78 is 13.3. The van der Waals surface area contributed by atoms with E-state index in [2.05, 4.69) is 30.9 Å². The molecule has 0 spiro atoms. The first kappa shape index (κ1) is 22.3. The van der Waals surface area contributed by atoms with Gasteiger partial charge in [0.15, 0.2) is 0 Å². The molecule has 0 bridgehead atoms. The average molecular weight is 447 g/mol. The molecule has 2 aromatic heterocycles. The van der Waals surface area contributed by atoms with Gasteiger partial charge in [0.1, 0.15) is 12.3 Å². The Morgan fingerprint density at radius 3 is 2.27 bits per heavy atom. The fraction of sp³-hybridized carbons (Fsp3) is 0.280. The van der Waals surface area contributed by atoms with Crippen molar-refractivity contribution in [2.75, 3.05) is 6.61 Å². The van der Waals surface area contributed by atoms with Crippen LogP contribution in [0.5, 0.6) is 5.75 Å². The summed E-state index contributed by atoms with van der Waals surface area (Å²) in [5.41, 5.74) is 1.30. The Bertz CT molecular complexity index is 1360. The van der Waals surface area contributed by atoms with Crippen molar-refractivity contribution in [2.45, 2.75) is 39.7 Å². The first-order chi connectivity index (χ1) is 15.8. The van der Waals surface area contributed by atoms with Crippen LogP contribution in [0.2, 0.25) is 0 Å². The zero-order chi connectivity index (χ0) is 23.6. The maximum atomic E-state index is 12.7. The van der Waals surface area contributed by atoms with E-state index in [9.17, 15) is 9.59 Å². The summed E-state index contributed by atoms with van der Waals surface area (Å²) in [5.74, 6) is 1.37. The lowest BCUT2D eigenvalue weighted by Gasteiger charge is -2.18. The van der Waals surface area contributed by atoms with Gasteiger partial charge in [-0.1, -0.05) is 50.2 Å². The van der Waals surface area contributed by atoms with E-state index in [1.165, 1.54) is 20.9 Å². The van der Waals surface area contributed by atoms with Crippen molar-refractivity contribution in [1.82, 2.24) is 19.3 Å². The maximum Gasteiger partial charge on any atom is 0.320 e. The lowest BCUT2D eigenvalue weighted by atomic mass is 9.87. The topological polar surface area (TPSA) is 92.2 Å². The van der Waals surface area contributed by atoms with Crippen LogP contribution in [0.3, 0.4) is 0 Å². The number of aromatic nitrogens is 4. The van der Waals surface area contributed by atoms with Crippen LogP contribution in [0, 0.1) is 0 Å². The largest absolute Gasteiger partial charge is 0.494 e. The molecule has 0 aliphatic heterocycles. The van der Waals surface area contributed by atoms with Crippen LogP contribution in [0.15, 0.2) is 75.0 Å². The Kier molecular flexibility index (Phi) is 6.00. The highest BCUT2D eigenvalue weighted by Gasteiger charge is 2.15. The second-order valence-electron chi connectivity index (χ2n) is 8.67. The van der Waals surface area contributed by atoms with Gasteiger partial charge in [-0.05, 0) is 42.2 Å². The second-order valence-corrected chi connectivity index (χ2v) is 8.67. The van der Waals surface area contributed by atoms with Gasteiger partial charge in [0.2, 0.25) is 11.7 Å². The summed E-state index contributed by atoms with van der Waals surface area (Å²) in [6.45, 7) is 8.90. The van der Waals surface area contributed by atoms with Crippen molar-refractivity contribution >= 4 is 0 Å². The van der Waals surface area contributed by atoms with Gasteiger partial charge in [-0.2, -0.15) is 4.98 Å². The second kappa shape index (κ2) is 8.90. The lowest BCUT2D eigenvalue weighted by molar-refractivity contribution is 0.340. The predicted octanol–water partition coefficient (Wildman–Crippen LogP) is 3.79. The number of ether oxygens (including phenoxy) is 1. The molecule has 0 saturated carbocycles. The van der Waals surface area contributed by atoms with E-state index >= 15 is 0 Å². The van der Waals surface area contributed by atoms with Gasteiger partial charge in [-0.25, -0.2) is 0 Å². The summed E-state index contributed by atoms with van der Waals surface area (Å²) in [7, 11) is 0. The Morgan fingerprint density at radius 2 is 1.64 bits per heavy atom. The summed E-state index contributed by atoms with van der Waals surface area (Å²) in [4.78, 5) is 29.7. The summed E-state index contributed by atoms with van der Waals surface area (Å²) in [5, 5.41) is 4.02. The molecule has 0 unspecified atom stereocenters. The number of benzene rings is 2. The monoisotopic (exact) mass is 446 g/mol. The molecule has 0 radical (unpaired) electrons. The third-order valence-corrected chi connectivity index (χ3v) is 5.27. The number of hydrogen-bond acceptors (Lipinski definition) is 6. The Labute approximate surface area is 191 Å². The van der Waals surface area contributed by atoms with Crippen LogP contribution in [-0.2, 0) is 12.0 Å². The van der Waals surface area contributed by atoms with Gasteiger partial charge in [0.25, 0.3) is 0 Å². The molecule has 170 valence electrons. The molecule has 8 heteroatoms. The Morgan fingerprint density at radius 1 is 0.939 bits per heavy atom. The molecule has 33 heavy (non-hydrogen) atoms. The minimum Gasteiger partial charge on any atom is -0.494 e. The zero-order valence-electron chi connectivity index (χ0n) is 19.1. The van der Waals surface area contributed by atoms with Gasteiger partial charge in [-0.3, -0.25) is 18.7 Å². The van der Waals surface area contributed by atoms with Gasteiger partial charge in [0.05, 0.1) is 6.61 Å². The Hall–Kier alpha value is -3.94. The van der Waals surface area contributed by atoms with Gasteiger partial charge in [0, 0.05) is 23.6 Å². The molecule has 0 N–H and O–H groups in total. The zero-order valence-corrected chi connectivity index (χ0v) is 19.1. The van der Waals surface area contributed by atoms with Crippen molar-refractivity contribution in [3.63, 3.8) is 0 Å². The van der Waals surface area contributed by atoms with Gasteiger partial charge >= 0.3 is 11.1 Å². The first-order valence-corrected chi connectivity index (χ1v) is 10.7. The van der Waals surface area contributed by atoms with Crippen LogP contribution in [-0.4, -0.2) is 25.9 Å². The van der Waals surface area contributed by atoms with E-state index in [-0.39, 0.29) is 17.9 Å². The molecule has 0 aliphatic rings. The smallest absolute Gasteiger partial charge is 0.320 e. The SMILES string of the molecule is CCOc1ccc(-n2ccn(Cc3nc(-c4ccc(C(C)(C)C)cc4)no3)c(=O)c2=O)cc1. The molecule has 4 rings (SSSR count). The van der Waals surface area contributed by atoms with Crippen LogP contribution in [0.4, 0.5) is 0 Å². The number of rotatable bonds is 6. The molecule has 0 amide bonds. The van der Waals surface area contributed by atoms with Crippen LogP contribution in [0.25, 0.3) is 17.1 Å². The van der Waals surface area contributed by atoms with E-state index in [0.29, 0.717) is 23.9 Å². The molecule has 8 nitrogen and oxygen atoms in total. The summed E-state index contributed by atoms with van der Waals surface area (Å²) in [6.07, 6.45) is 3.07. The molecular weight excluding hydrogens is 420 g/mol. The molecule has 4 aromatic rings. The average Bonchev–Trinajstić information content (AvgIpc) is 3.26. The van der Waals surface area contributed by atoms with E-state index in [1.807, 2.05) is 31.2 Å². The van der Waals surface area contributed by atoms with E-state index in [0.717, 1.165) is 5.56 Å². The Balaban J connectivity index is 1.54. The number of nitrogens with zero attached hydrogens (tertiary/aromatic N) is 4. The molecule has 2 aromatic carbocycles. The van der Waals surface area contributed by atoms with Crippen molar-refractivity contribution in [3.8, 4) is 22.8 Å². The van der Waals surface area contributed by atoms with Crippen LogP contribution in [0.1, 0.15) is 39.1 Å². The highest BCUT2D eigenvalue weighted by Crippen LogP contribution is 2.25.